The van der Waals surface area contributed by atoms with E-state index in [1.165, 1.54) is 25.7 Å². The van der Waals surface area contributed by atoms with E-state index < -0.39 is 121 Å². The molecular weight excluding hydrogens is 963 g/mol. The van der Waals surface area contributed by atoms with Crippen LogP contribution in [0.3, 0.4) is 0 Å². The molecule has 1 heterocycles. The van der Waals surface area contributed by atoms with Crippen molar-refractivity contribution in [1.29, 1.82) is 0 Å². The molecule has 1 aliphatic rings. The molecule has 0 spiro atoms. The van der Waals surface area contributed by atoms with E-state index in [4.69, 9.17) is 4.74 Å². The second-order valence-electron chi connectivity index (χ2n) is 23.3. The van der Waals surface area contributed by atoms with Gasteiger partial charge in [0.25, 0.3) is 0 Å². The Balaban J connectivity index is 3.87. The maximum Gasteiger partial charge on any atom is 0.329 e. The molecule has 9 atom stereocenters. The number of hydrogen-bond acceptors (Lipinski definition) is 11. The molecule has 1 fully saturated rings. The molecule has 0 radical (unpaired) electrons. The maximum absolute atomic E-state index is 14.3. The average Bonchev–Trinajstić information content (AvgIpc) is 3.29. The number of amides is 6. The summed E-state index contributed by atoms with van der Waals surface area (Å²) in [5, 5.41) is 39.4. The van der Waals surface area contributed by atoms with Gasteiger partial charge in [-0.15, -0.1) is 0 Å². The Kier molecular flexibility index (Phi) is 33.7. The third-order valence-corrected chi connectivity index (χ3v) is 13.5. The molecule has 6 amide bonds. The molecule has 19 heteroatoms. The minimum Gasteiger partial charge on any atom is -0.481 e. The third-order valence-electron chi connectivity index (χ3n) is 13.5. The quantitative estimate of drug-likeness (QED) is 0.0307. The van der Waals surface area contributed by atoms with Crippen LogP contribution in [0, 0.1) is 35.5 Å². The summed E-state index contributed by atoms with van der Waals surface area (Å²) in [6.45, 7) is 23.2. The van der Waals surface area contributed by atoms with E-state index in [1.807, 2.05) is 62.3 Å². The van der Waals surface area contributed by atoms with Crippen molar-refractivity contribution in [2.45, 2.75) is 260 Å². The standard InChI is InChI=1S/C56H101N7O12/c1-13-39(12)50-56(74)75-41(24-22-20-18-16-14-15-17-19-21-23-34(2)3)31-47(64)59-42(25-26-48(65)66)51(69)60-44(29-37(8)9)53(71)58-40(27-35(4)5)33-57-43(28-36(6)7)52(70)62-46(32-49(67)68)54(72)61-45(30-38(10)11)55(73)63-50/h34-46,50,57H,13-33H2,1-12H3,(H,58,71)(H,59,64)(H,60,69)(H,61,72)(H,62,70)(H,63,73)(H,65,66)(H,67,68)/t39-,40?,41?,42?,43?,44-,45?,46-,50-/m0/s1. The van der Waals surface area contributed by atoms with Gasteiger partial charge in [0.1, 0.15) is 36.3 Å². The lowest BCUT2D eigenvalue weighted by Gasteiger charge is -2.30. The number of carbonyl (C=O) groups excluding carboxylic acids is 7. The summed E-state index contributed by atoms with van der Waals surface area (Å²) >= 11 is 0. The zero-order chi connectivity index (χ0) is 56.8. The number of carboxylic acids is 2. The molecule has 0 saturated carbocycles. The summed E-state index contributed by atoms with van der Waals surface area (Å²) in [7, 11) is 0. The van der Waals surface area contributed by atoms with Gasteiger partial charge in [-0.25, -0.2) is 4.79 Å². The van der Waals surface area contributed by atoms with E-state index >= 15 is 0 Å². The summed E-state index contributed by atoms with van der Waals surface area (Å²) in [6, 6.07) is -8.14. The monoisotopic (exact) mass is 1060 g/mol. The van der Waals surface area contributed by atoms with E-state index in [2.05, 4.69) is 51.1 Å². The molecule has 0 aromatic rings. The van der Waals surface area contributed by atoms with Crippen molar-refractivity contribution < 1.29 is 58.1 Å². The molecule has 0 aromatic heterocycles. The first-order chi connectivity index (χ1) is 35.2. The topological polar surface area (TPSA) is 288 Å². The predicted molar refractivity (Wildman–Crippen MR) is 290 cm³/mol. The predicted octanol–water partition coefficient (Wildman–Crippen LogP) is 6.69. The van der Waals surface area contributed by atoms with Crippen molar-refractivity contribution in [3.05, 3.63) is 0 Å². The number of cyclic esters (lactones) is 1. The van der Waals surface area contributed by atoms with Crippen LogP contribution in [0.4, 0.5) is 0 Å². The van der Waals surface area contributed by atoms with Gasteiger partial charge < -0.3 is 52.2 Å². The summed E-state index contributed by atoms with van der Waals surface area (Å²) in [4.78, 5) is 123. The fourth-order valence-electron chi connectivity index (χ4n) is 9.23. The molecule has 1 rings (SSSR count). The summed E-state index contributed by atoms with van der Waals surface area (Å²) in [6.07, 6.45) is 9.14. The second-order valence-corrected chi connectivity index (χ2v) is 23.3. The number of unbranched alkanes of at least 4 members (excludes halogenated alkanes) is 8. The Morgan fingerprint density at radius 3 is 1.45 bits per heavy atom. The van der Waals surface area contributed by atoms with Crippen molar-refractivity contribution in [2.75, 3.05) is 6.54 Å². The van der Waals surface area contributed by atoms with E-state index in [0.29, 0.717) is 25.2 Å². The lowest BCUT2D eigenvalue weighted by molar-refractivity contribution is -0.156. The van der Waals surface area contributed by atoms with E-state index in [0.717, 1.165) is 32.1 Å². The van der Waals surface area contributed by atoms with Crippen molar-refractivity contribution in [3.63, 3.8) is 0 Å². The third kappa shape index (κ3) is 30.5. The van der Waals surface area contributed by atoms with Gasteiger partial charge in [0.15, 0.2) is 0 Å². The molecule has 9 N–H and O–H groups in total. The molecular formula is C56H101N7O12. The smallest absolute Gasteiger partial charge is 0.329 e. The van der Waals surface area contributed by atoms with Gasteiger partial charge in [0.05, 0.1) is 18.9 Å². The highest BCUT2D eigenvalue weighted by Gasteiger charge is 2.37. The van der Waals surface area contributed by atoms with Gasteiger partial charge in [0, 0.05) is 19.0 Å². The zero-order valence-corrected chi connectivity index (χ0v) is 47.9. The molecule has 1 aliphatic heterocycles. The van der Waals surface area contributed by atoms with Crippen LogP contribution in [0.15, 0.2) is 0 Å². The van der Waals surface area contributed by atoms with Crippen LogP contribution in [-0.4, -0.2) is 119 Å². The molecule has 5 unspecified atom stereocenters. The molecule has 75 heavy (non-hydrogen) atoms. The van der Waals surface area contributed by atoms with Gasteiger partial charge in [-0.2, -0.15) is 0 Å². The fraction of sp³-hybridized carbons (Fsp3) is 0.839. The minimum atomic E-state index is -1.60. The minimum absolute atomic E-state index is 0.0530. The van der Waals surface area contributed by atoms with Crippen molar-refractivity contribution >= 4 is 53.4 Å². The Labute approximate surface area is 449 Å². The largest absolute Gasteiger partial charge is 0.481 e. The number of rotatable bonds is 27. The van der Waals surface area contributed by atoms with Crippen molar-refractivity contribution in [3.8, 4) is 0 Å². The number of esters is 1. The molecule has 19 nitrogen and oxygen atoms in total. The average molecular weight is 1060 g/mol. The maximum atomic E-state index is 14.3. The van der Waals surface area contributed by atoms with E-state index in [9.17, 15) is 53.4 Å². The number of carbonyl (C=O) groups is 9. The van der Waals surface area contributed by atoms with Crippen LogP contribution in [0.2, 0.25) is 0 Å². The number of nitrogens with one attached hydrogen (secondary N) is 7. The Morgan fingerprint density at radius 2 is 0.960 bits per heavy atom. The van der Waals surface area contributed by atoms with Gasteiger partial charge >= 0.3 is 17.9 Å². The van der Waals surface area contributed by atoms with E-state index in [-0.39, 0.29) is 68.7 Å². The van der Waals surface area contributed by atoms with Crippen LogP contribution >= 0.6 is 0 Å². The lowest BCUT2D eigenvalue weighted by Crippen LogP contribution is -2.59. The Morgan fingerprint density at radius 1 is 0.507 bits per heavy atom. The number of ether oxygens (including phenoxy) is 1. The van der Waals surface area contributed by atoms with Crippen LogP contribution in [0.1, 0.15) is 212 Å². The molecule has 1 saturated heterocycles. The van der Waals surface area contributed by atoms with Crippen molar-refractivity contribution in [2.24, 2.45) is 35.5 Å². The van der Waals surface area contributed by atoms with Crippen LogP contribution < -0.4 is 37.2 Å². The first-order valence-electron chi connectivity index (χ1n) is 28.4. The number of carboxylic acid groups (broad SMARTS) is 2. The molecule has 0 aromatic carbocycles. The van der Waals surface area contributed by atoms with Crippen molar-refractivity contribution in [1.82, 2.24) is 37.2 Å². The molecule has 0 bridgehead atoms. The van der Waals surface area contributed by atoms with Gasteiger partial charge in [0.2, 0.25) is 35.4 Å². The first-order valence-corrected chi connectivity index (χ1v) is 28.4. The summed E-state index contributed by atoms with van der Waals surface area (Å²) in [5.74, 6) is -7.79. The van der Waals surface area contributed by atoms with Crippen LogP contribution in [-0.2, 0) is 47.9 Å². The van der Waals surface area contributed by atoms with Gasteiger partial charge in [-0.05, 0) is 80.5 Å². The highest BCUT2D eigenvalue weighted by Crippen LogP contribution is 2.20. The van der Waals surface area contributed by atoms with Gasteiger partial charge in [-0.3, -0.25) is 38.4 Å². The number of hydrogen-bond donors (Lipinski definition) is 9. The Hall–Kier alpha value is -4.81. The molecule has 432 valence electrons. The SMILES string of the molecule is CC[C@H](C)[C@@H]1NC(=O)C(CC(C)C)NC(=O)[C@H](CC(=O)O)NC(=O)C(CC(C)C)NCC(CC(C)C)NC(=O)[C@H](CC(C)C)NC(=O)C(CCC(=O)O)NC(=O)CC(CCCCCCCCCCCC(C)C)OC1=O. The van der Waals surface area contributed by atoms with E-state index in [1.54, 1.807) is 6.92 Å². The Bertz CT molecular complexity index is 1770. The second kappa shape index (κ2) is 37.0. The highest BCUT2D eigenvalue weighted by molar-refractivity contribution is 5.96. The van der Waals surface area contributed by atoms with Gasteiger partial charge in [-0.1, -0.05) is 147 Å². The normalized spacial score (nSPS) is 24.1. The number of aliphatic carboxylic acids is 2. The first kappa shape index (κ1) is 68.2. The summed E-state index contributed by atoms with van der Waals surface area (Å²) < 4.78 is 6.11. The fourth-order valence-corrected chi connectivity index (χ4v) is 9.23. The highest BCUT2D eigenvalue weighted by atomic mass is 16.5. The molecule has 0 aliphatic carbocycles. The lowest BCUT2D eigenvalue weighted by atomic mass is 9.97. The zero-order valence-electron chi connectivity index (χ0n) is 47.9. The van der Waals surface area contributed by atoms with Crippen LogP contribution in [0.5, 0.6) is 0 Å². The summed E-state index contributed by atoms with van der Waals surface area (Å²) in [5.41, 5.74) is 0. The van der Waals surface area contributed by atoms with Crippen LogP contribution in [0.25, 0.3) is 0 Å².